The molecule has 7 heteroatoms. The Hall–Kier alpha value is -1.78. The van der Waals surface area contributed by atoms with Crippen molar-refractivity contribution in [2.75, 3.05) is 13.2 Å². The van der Waals surface area contributed by atoms with Crippen LogP contribution in [-0.4, -0.2) is 29.2 Å². The van der Waals surface area contributed by atoms with Crippen molar-refractivity contribution in [3.8, 4) is 6.07 Å². The Bertz CT molecular complexity index is 672. The Morgan fingerprint density at radius 1 is 1.47 bits per heavy atom. The number of imidazole rings is 1. The molecule has 0 spiro atoms. The van der Waals surface area contributed by atoms with Gasteiger partial charge in [0, 0.05) is 6.54 Å². The zero-order valence-corrected chi connectivity index (χ0v) is 10.7. The number of fused-ring (bicyclic) bond motifs is 1. The highest BCUT2D eigenvalue weighted by Gasteiger charge is 2.08. The average molecular weight is 283 g/mol. The molecule has 0 aliphatic carbocycles. The van der Waals surface area contributed by atoms with E-state index in [2.05, 4.69) is 11.1 Å². The molecule has 0 radical (unpaired) electrons. The third-order valence-corrected chi connectivity index (χ3v) is 2.96. The minimum atomic E-state index is -2.47. The standard InChI is InChI=1S/C12H11F2N3OS/c13-10(14)7-18-5-4-17-9-3-1-2-8(6-15)11(9)16-12(17)19/h1-3,10H,4-5,7H2,(H,16,19). The normalized spacial score (nSPS) is 11.1. The quantitative estimate of drug-likeness (QED) is 0.678. The van der Waals surface area contributed by atoms with Crippen LogP contribution in [0.5, 0.6) is 0 Å². The highest BCUT2D eigenvalue weighted by atomic mass is 32.1. The van der Waals surface area contributed by atoms with Crippen LogP contribution in [-0.2, 0) is 11.3 Å². The maximum atomic E-state index is 11.9. The van der Waals surface area contributed by atoms with E-state index < -0.39 is 13.0 Å². The van der Waals surface area contributed by atoms with Crippen LogP contribution in [0.25, 0.3) is 11.0 Å². The molecule has 0 amide bonds. The molecule has 4 nitrogen and oxygen atoms in total. The first-order chi connectivity index (χ1) is 9.13. The van der Waals surface area contributed by atoms with Gasteiger partial charge in [-0.2, -0.15) is 5.26 Å². The fourth-order valence-corrected chi connectivity index (χ4v) is 2.12. The monoisotopic (exact) mass is 283 g/mol. The van der Waals surface area contributed by atoms with Crippen molar-refractivity contribution >= 4 is 23.3 Å². The number of benzene rings is 1. The van der Waals surface area contributed by atoms with Gasteiger partial charge in [0.15, 0.2) is 4.77 Å². The number of ether oxygens (including phenoxy) is 1. The van der Waals surface area contributed by atoms with Crippen LogP contribution in [0, 0.1) is 16.1 Å². The van der Waals surface area contributed by atoms with Crippen LogP contribution in [0.15, 0.2) is 18.2 Å². The zero-order valence-electron chi connectivity index (χ0n) is 9.90. The first-order valence-corrected chi connectivity index (χ1v) is 6.02. The predicted octanol–water partition coefficient (Wildman–Crippen LogP) is 2.85. The van der Waals surface area contributed by atoms with E-state index in [1.54, 1.807) is 16.7 Å². The van der Waals surface area contributed by atoms with Crippen molar-refractivity contribution in [1.82, 2.24) is 9.55 Å². The fraction of sp³-hybridized carbons (Fsp3) is 0.333. The predicted molar refractivity (Wildman–Crippen MR) is 68.7 cm³/mol. The van der Waals surface area contributed by atoms with E-state index in [4.69, 9.17) is 22.2 Å². The summed E-state index contributed by atoms with van der Waals surface area (Å²) >= 11 is 5.16. The van der Waals surface area contributed by atoms with Gasteiger partial charge in [-0.05, 0) is 24.4 Å². The van der Waals surface area contributed by atoms with E-state index in [1.165, 1.54) is 0 Å². The molecule has 2 rings (SSSR count). The largest absolute Gasteiger partial charge is 0.374 e. The van der Waals surface area contributed by atoms with Crippen LogP contribution in [0.3, 0.4) is 0 Å². The lowest BCUT2D eigenvalue weighted by Crippen LogP contribution is -2.10. The summed E-state index contributed by atoms with van der Waals surface area (Å²) in [6.07, 6.45) is -2.47. The molecule has 0 atom stereocenters. The minimum Gasteiger partial charge on any atom is -0.374 e. The van der Waals surface area contributed by atoms with Gasteiger partial charge in [0.1, 0.15) is 12.7 Å². The van der Waals surface area contributed by atoms with Crippen LogP contribution < -0.4 is 0 Å². The van der Waals surface area contributed by atoms with Crippen molar-refractivity contribution in [2.45, 2.75) is 13.0 Å². The molecule has 100 valence electrons. The van der Waals surface area contributed by atoms with Crippen LogP contribution in [0.4, 0.5) is 8.78 Å². The van der Waals surface area contributed by atoms with Gasteiger partial charge in [-0.3, -0.25) is 0 Å². The van der Waals surface area contributed by atoms with E-state index in [0.29, 0.717) is 22.4 Å². The molecule has 0 aliphatic heterocycles. The molecule has 0 bridgehead atoms. The number of alkyl halides is 2. The van der Waals surface area contributed by atoms with Crippen LogP contribution in [0.1, 0.15) is 5.56 Å². The molecular formula is C12H11F2N3OS. The Balaban J connectivity index is 2.22. The van der Waals surface area contributed by atoms with E-state index in [9.17, 15) is 8.78 Å². The lowest BCUT2D eigenvalue weighted by Gasteiger charge is -2.05. The summed E-state index contributed by atoms with van der Waals surface area (Å²) in [5.74, 6) is 0. The van der Waals surface area contributed by atoms with Gasteiger partial charge in [-0.25, -0.2) is 8.78 Å². The van der Waals surface area contributed by atoms with Crippen molar-refractivity contribution in [3.63, 3.8) is 0 Å². The molecule has 1 heterocycles. The second-order valence-corrected chi connectivity index (χ2v) is 4.25. The van der Waals surface area contributed by atoms with Gasteiger partial charge in [-0.15, -0.1) is 0 Å². The smallest absolute Gasteiger partial charge is 0.261 e. The summed E-state index contributed by atoms with van der Waals surface area (Å²) in [6, 6.07) is 7.32. The number of nitriles is 1. The molecule has 0 aliphatic rings. The van der Waals surface area contributed by atoms with Gasteiger partial charge in [-0.1, -0.05) is 6.07 Å². The van der Waals surface area contributed by atoms with E-state index in [-0.39, 0.29) is 6.61 Å². The Morgan fingerprint density at radius 2 is 2.26 bits per heavy atom. The topological polar surface area (TPSA) is 53.7 Å². The number of nitrogens with zero attached hydrogens (tertiary/aromatic N) is 2. The number of nitrogens with one attached hydrogen (secondary N) is 1. The lowest BCUT2D eigenvalue weighted by molar-refractivity contribution is 0.0149. The van der Waals surface area contributed by atoms with Gasteiger partial charge < -0.3 is 14.3 Å². The summed E-state index contributed by atoms with van der Waals surface area (Å²) < 4.78 is 30.9. The number of halogens is 2. The number of H-pyrrole nitrogens is 1. The second-order valence-electron chi connectivity index (χ2n) is 3.86. The zero-order chi connectivity index (χ0) is 13.8. The molecule has 0 unspecified atom stereocenters. The Labute approximate surface area is 113 Å². The third-order valence-electron chi connectivity index (χ3n) is 2.63. The number of rotatable bonds is 5. The van der Waals surface area contributed by atoms with Crippen molar-refractivity contribution in [3.05, 3.63) is 28.5 Å². The minimum absolute atomic E-state index is 0.141. The van der Waals surface area contributed by atoms with Crippen molar-refractivity contribution in [1.29, 1.82) is 5.26 Å². The first kappa shape index (κ1) is 13.6. The molecule has 2 aromatic rings. The third kappa shape index (κ3) is 2.97. The van der Waals surface area contributed by atoms with Gasteiger partial charge >= 0.3 is 0 Å². The highest BCUT2D eigenvalue weighted by Crippen LogP contribution is 2.17. The number of para-hydroxylation sites is 1. The van der Waals surface area contributed by atoms with E-state index >= 15 is 0 Å². The summed E-state index contributed by atoms with van der Waals surface area (Å²) in [4.78, 5) is 2.95. The molecule has 19 heavy (non-hydrogen) atoms. The Morgan fingerprint density at radius 3 is 2.95 bits per heavy atom. The number of aromatic nitrogens is 2. The highest BCUT2D eigenvalue weighted by molar-refractivity contribution is 7.71. The number of aromatic amines is 1. The van der Waals surface area contributed by atoms with Crippen LogP contribution in [0.2, 0.25) is 0 Å². The van der Waals surface area contributed by atoms with Gasteiger partial charge in [0.25, 0.3) is 6.43 Å². The first-order valence-electron chi connectivity index (χ1n) is 5.61. The maximum absolute atomic E-state index is 11.9. The number of hydrogen-bond donors (Lipinski definition) is 1. The summed E-state index contributed by atoms with van der Waals surface area (Å²) in [5.41, 5.74) is 1.92. The van der Waals surface area contributed by atoms with Gasteiger partial charge in [0.05, 0.1) is 23.2 Å². The Kier molecular flexibility index (Phi) is 4.24. The average Bonchev–Trinajstić information content (AvgIpc) is 2.70. The fourth-order valence-electron chi connectivity index (χ4n) is 1.82. The second kappa shape index (κ2) is 5.91. The SMILES string of the molecule is N#Cc1cccc2c1[nH]c(=S)n2CCOCC(F)F. The molecule has 0 saturated heterocycles. The van der Waals surface area contributed by atoms with E-state index in [0.717, 1.165) is 5.52 Å². The lowest BCUT2D eigenvalue weighted by atomic mass is 10.2. The maximum Gasteiger partial charge on any atom is 0.261 e. The summed E-state index contributed by atoms with van der Waals surface area (Å²) in [6.45, 7) is -0.0814. The summed E-state index contributed by atoms with van der Waals surface area (Å²) in [7, 11) is 0. The molecule has 1 aromatic heterocycles. The molecule has 0 fully saturated rings. The summed E-state index contributed by atoms with van der Waals surface area (Å²) in [5, 5.41) is 8.99. The molecule has 1 aromatic carbocycles. The van der Waals surface area contributed by atoms with Crippen molar-refractivity contribution < 1.29 is 13.5 Å². The van der Waals surface area contributed by atoms with Crippen molar-refractivity contribution in [2.24, 2.45) is 0 Å². The molecular weight excluding hydrogens is 272 g/mol. The molecule has 0 saturated carbocycles. The number of hydrogen-bond acceptors (Lipinski definition) is 3. The van der Waals surface area contributed by atoms with Crippen LogP contribution >= 0.6 is 12.2 Å². The van der Waals surface area contributed by atoms with E-state index in [1.807, 2.05) is 6.07 Å². The molecule has 1 N–H and O–H groups in total. The van der Waals surface area contributed by atoms with Gasteiger partial charge in [0.2, 0.25) is 0 Å².